The van der Waals surface area contributed by atoms with Crippen molar-refractivity contribution in [2.75, 3.05) is 13.1 Å². The first-order chi connectivity index (χ1) is 13.9. The normalized spacial score (nSPS) is 17.1. The minimum atomic E-state index is 0.0349. The number of likely N-dealkylation sites (tertiary alicyclic amines) is 1. The van der Waals surface area contributed by atoms with Gasteiger partial charge >= 0.3 is 0 Å². The van der Waals surface area contributed by atoms with Gasteiger partial charge in [0.05, 0.1) is 17.6 Å². The lowest BCUT2D eigenvalue weighted by molar-refractivity contribution is 0.0694. The third-order valence-electron chi connectivity index (χ3n) is 6.11. The number of aromatic amines is 1. The van der Waals surface area contributed by atoms with Crippen molar-refractivity contribution in [3.63, 3.8) is 0 Å². The lowest BCUT2D eigenvalue weighted by Crippen LogP contribution is -2.40. The van der Waals surface area contributed by atoms with Crippen LogP contribution in [0.1, 0.15) is 58.8 Å². The van der Waals surface area contributed by atoms with Crippen LogP contribution < -0.4 is 0 Å². The Bertz CT molecular complexity index is 1040. The molecule has 0 aliphatic carbocycles. The minimum absolute atomic E-state index is 0.0349. The van der Waals surface area contributed by atoms with Crippen molar-refractivity contribution in [2.45, 2.75) is 46.0 Å². The van der Waals surface area contributed by atoms with Crippen LogP contribution in [-0.4, -0.2) is 53.7 Å². The van der Waals surface area contributed by atoms with Crippen LogP contribution in [0.5, 0.6) is 0 Å². The van der Waals surface area contributed by atoms with E-state index in [-0.39, 0.29) is 5.91 Å². The second kappa shape index (κ2) is 7.50. The van der Waals surface area contributed by atoms with E-state index in [1.807, 2.05) is 49.8 Å². The Hall–Kier alpha value is -2.90. The molecule has 0 aromatic carbocycles. The topological polar surface area (TPSA) is 84.6 Å². The van der Waals surface area contributed by atoms with Crippen molar-refractivity contribution in [2.24, 2.45) is 14.1 Å². The van der Waals surface area contributed by atoms with E-state index in [1.165, 1.54) is 11.3 Å². The van der Waals surface area contributed by atoms with Crippen molar-refractivity contribution in [3.8, 4) is 11.3 Å². The number of carbonyl (C=O) groups is 1. The van der Waals surface area contributed by atoms with Crippen LogP contribution in [-0.2, 0) is 20.5 Å². The van der Waals surface area contributed by atoms with Gasteiger partial charge in [0.2, 0.25) is 0 Å². The molecule has 0 bridgehead atoms. The molecule has 8 nitrogen and oxygen atoms in total. The smallest absolute Gasteiger partial charge is 0.272 e. The molecule has 1 saturated heterocycles. The summed E-state index contributed by atoms with van der Waals surface area (Å²) >= 11 is 0. The summed E-state index contributed by atoms with van der Waals surface area (Å²) in [4.78, 5) is 15.3. The second-order valence-corrected chi connectivity index (χ2v) is 7.96. The monoisotopic (exact) mass is 395 g/mol. The predicted octanol–water partition coefficient (Wildman–Crippen LogP) is 2.74. The molecular formula is C21H29N7O. The molecule has 3 aromatic rings. The molecule has 0 saturated carbocycles. The maximum atomic E-state index is 13.3. The Morgan fingerprint density at radius 2 is 2.03 bits per heavy atom. The van der Waals surface area contributed by atoms with Crippen molar-refractivity contribution in [3.05, 3.63) is 40.6 Å². The van der Waals surface area contributed by atoms with Gasteiger partial charge in [-0.05, 0) is 44.7 Å². The zero-order chi connectivity index (χ0) is 20.7. The molecule has 3 aromatic heterocycles. The Kier molecular flexibility index (Phi) is 5.02. The molecule has 1 N–H and O–H groups in total. The minimum Gasteiger partial charge on any atom is -0.337 e. The summed E-state index contributed by atoms with van der Waals surface area (Å²) in [6.07, 6.45) is 4.92. The number of hydrogen-bond acceptors (Lipinski definition) is 4. The van der Waals surface area contributed by atoms with Crippen LogP contribution in [0.25, 0.3) is 11.3 Å². The first-order valence-electron chi connectivity index (χ1n) is 10.3. The number of rotatable bonds is 4. The van der Waals surface area contributed by atoms with Crippen LogP contribution in [0.15, 0.2) is 12.3 Å². The molecule has 1 aliphatic rings. The molecule has 1 fully saturated rings. The quantitative estimate of drug-likeness (QED) is 0.736. The summed E-state index contributed by atoms with van der Waals surface area (Å²) < 4.78 is 3.55. The number of H-pyrrole nitrogens is 1. The molecule has 0 spiro atoms. The van der Waals surface area contributed by atoms with Crippen LogP contribution >= 0.6 is 0 Å². The van der Waals surface area contributed by atoms with E-state index in [0.29, 0.717) is 18.2 Å². The highest BCUT2D eigenvalue weighted by Crippen LogP contribution is 2.30. The SMILES string of the molecule is CCc1cn[nH]c1[C@H]1CCCN(C(=O)c2cc(-c3c(C)nn(C)c3C)nn2C)C1. The summed E-state index contributed by atoms with van der Waals surface area (Å²) in [5.41, 5.74) is 6.81. The molecule has 8 heteroatoms. The number of nitrogens with zero attached hydrogens (tertiary/aromatic N) is 6. The molecule has 1 amide bonds. The first-order valence-corrected chi connectivity index (χ1v) is 10.3. The average Bonchev–Trinajstić information content (AvgIpc) is 3.39. The number of aryl methyl sites for hydroxylation is 4. The van der Waals surface area contributed by atoms with Gasteiger partial charge in [0.15, 0.2) is 0 Å². The van der Waals surface area contributed by atoms with Gasteiger partial charge in [-0.25, -0.2) is 0 Å². The van der Waals surface area contributed by atoms with Crippen LogP contribution in [0, 0.1) is 13.8 Å². The van der Waals surface area contributed by atoms with Gasteiger partial charge in [-0.1, -0.05) is 6.92 Å². The van der Waals surface area contributed by atoms with Gasteiger partial charge in [-0.3, -0.25) is 19.3 Å². The van der Waals surface area contributed by atoms with Crippen LogP contribution in [0.4, 0.5) is 0 Å². The van der Waals surface area contributed by atoms with Gasteiger partial charge in [0.1, 0.15) is 5.69 Å². The van der Waals surface area contributed by atoms with Gasteiger partial charge in [0, 0.05) is 50.1 Å². The molecule has 29 heavy (non-hydrogen) atoms. The van der Waals surface area contributed by atoms with E-state index in [0.717, 1.165) is 48.5 Å². The average molecular weight is 396 g/mol. The largest absolute Gasteiger partial charge is 0.337 e. The van der Waals surface area contributed by atoms with E-state index < -0.39 is 0 Å². The van der Waals surface area contributed by atoms with Crippen molar-refractivity contribution in [1.82, 2.24) is 34.7 Å². The van der Waals surface area contributed by atoms with Crippen LogP contribution in [0.2, 0.25) is 0 Å². The Balaban J connectivity index is 1.59. The molecule has 0 radical (unpaired) electrons. The summed E-state index contributed by atoms with van der Waals surface area (Å²) in [5.74, 6) is 0.341. The maximum absolute atomic E-state index is 13.3. The third-order valence-corrected chi connectivity index (χ3v) is 6.11. The lowest BCUT2D eigenvalue weighted by atomic mass is 9.92. The Morgan fingerprint density at radius 3 is 2.72 bits per heavy atom. The number of nitrogens with one attached hydrogen (secondary N) is 1. The van der Waals surface area contributed by atoms with E-state index in [1.54, 1.807) is 4.68 Å². The number of amides is 1. The molecule has 0 unspecified atom stereocenters. The predicted molar refractivity (Wildman–Crippen MR) is 111 cm³/mol. The van der Waals surface area contributed by atoms with E-state index in [4.69, 9.17) is 0 Å². The molecule has 154 valence electrons. The van der Waals surface area contributed by atoms with Gasteiger partial charge < -0.3 is 4.90 Å². The third kappa shape index (κ3) is 3.36. The molecule has 4 heterocycles. The second-order valence-electron chi connectivity index (χ2n) is 7.96. The first kappa shape index (κ1) is 19.4. The van der Waals surface area contributed by atoms with Gasteiger partial charge in [-0.15, -0.1) is 0 Å². The fraction of sp³-hybridized carbons (Fsp3) is 0.524. The lowest BCUT2D eigenvalue weighted by Gasteiger charge is -2.32. The molecule has 1 aliphatic heterocycles. The summed E-state index contributed by atoms with van der Waals surface area (Å²) in [6, 6.07) is 1.90. The Morgan fingerprint density at radius 1 is 1.24 bits per heavy atom. The summed E-state index contributed by atoms with van der Waals surface area (Å²) in [5, 5.41) is 16.5. The fourth-order valence-corrected chi connectivity index (χ4v) is 4.45. The summed E-state index contributed by atoms with van der Waals surface area (Å²) in [7, 11) is 3.76. The van der Waals surface area contributed by atoms with Gasteiger partial charge in [0.25, 0.3) is 5.91 Å². The standard InChI is InChI=1S/C21H29N7O/c1-6-15-11-22-23-20(15)16-8-7-9-28(12-16)21(29)18-10-17(25-27(18)5)19-13(2)24-26(4)14(19)3/h10-11,16H,6-9,12H2,1-5H3,(H,22,23)/t16-/m0/s1. The van der Waals surface area contributed by atoms with E-state index in [9.17, 15) is 4.79 Å². The van der Waals surface area contributed by atoms with Gasteiger partial charge in [-0.2, -0.15) is 15.3 Å². The van der Waals surface area contributed by atoms with E-state index >= 15 is 0 Å². The zero-order valence-electron chi connectivity index (χ0n) is 17.9. The summed E-state index contributed by atoms with van der Waals surface area (Å²) in [6.45, 7) is 7.62. The van der Waals surface area contributed by atoms with Crippen molar-refractivity contribution in [1.29, 1.82) is 0 Å². The number of aromatic nitrogens is 6. The van der Waals surface area contributed by atoms with E-state index in [2.05, 4.69) is 27.3 Å². The van der Waals surface area contributed by atoms with Crippen molar-refractivity contribution >= 4 is 5.91 Å². The molecule has 1 atom stereocenters. The number of carbonyl (C=O) groups excluding carboxylic acids is 1. The van der Waals surface area contributed by atoms with Crippen LogP contribution in [0.3, 0.4) is 0 Å². The highest BCUT2D eigenvalue weighted by atomic mass is 16.2. The number of piperidine rings is 1. The Labute approximate surface area is 170 Å². The fourth-order valence-electron chi connectivity index (χ4n) is 4.45. The highest BCUT2D eigenvalue weighted by molar-refractivity contribution is 5.94. The zero-order valence-corrected chi connectivity index (χ0v) is 17.9. The highest BCUT2D eigenvalue weighted by Gasteiger charge is 2.29. The number of hydrogen-bond donors (Lipinski definition) is 1. The molecular weight excluding hydrogens is 366 g/mol. The maximum Gasteiger partial charge on any atom is 0.272 e. The van der Waals surface area contributed by atoms with Crippen molar-refractivity contribution < 1.29 is 4.79 Å². The molecule has 4 rings (SSSR count).